The van der Waals surface area contributed by atoms with Crippen LogP contribution in [0.3, 0.4) is 0 Å². The van der Waals surface area contributed by atoms with E-state index in [0.29, 0.717) is 33.7 Å². The summed E-state index contributed by atoms with van der Waals surface area (Å²) in [5, 5.41) is 18.8. The molecule has 0 fully saturated rings. The number of fused-ring (bicyclic) bond motifs is 5. The number of nitrogens with zero attached hydrogens (tertiary/aromatic N) is 4. The standard InChI is InChI=1S/C21H20N4O4S2/c1-11-3-8-14-15(9-11)31-19-17(14)18(28)24(12-4-6-13(29-2)7-5-12)20-22-23-21(25(19)20)30-10-16(26)27/h4-7,11H,3,8-10H2,1-2H3,(H,26,27)/t11-/m0/s1. The predicted octanol–water partition coefficient (Wildman–Crippen LogP) is 3.41. The Bertz CT molecular complexity index is 1370. The van der Waals surface area contributed by atoms with Crippen molar-refractivity contribution in [3.63, 3.8) is 0 Å². The molecule has 1 atom stereocenters. The highest BCUT2D eigenvalue weighted by molar-refractivity contribution is 7.99. The molecule has 0 aliphatic heterocycles. The molecular formula is C21H20N4O4S2. The van der Waals surface area contributed by atoms with Gasteiger partial charge in [-0.15, -0.1) is 21.5 Å². The molecule has 0 radical (unpaired) electrons. The largest absolute Gasteiger partial charge is 0.497 e. The van der Waals surface area contributed by atoms with Gasteiger partial charge in [-0.05, 0) is 55.0 Å². The van der Waals surface area contributed by atoms with Crippen LogP contribution in [0.5, 0.6) is 5.75 Å². The van der Waals surface area contributed by atoms with Crippen LogP contribution < -0.4 is 10.3 Å². The zero-order valence-electron chi connectivity index (χ0n) is 17.0. The van der Waals surface area contributed by atoms with Crippen LogP contribution in [-0.4, -0.2) is 43.1 Å². The minimum Gasteiger partial charge on any atom is -0.497 e. The van der Waals surface area contributed by atoms with Crippen LogP contribution in [0.1, 0.15) is 23.8 Å². The number of benzene rings is 1. The van der Waals surface area contributed by atoms with E-state index in [1.54, 1.807) is 35.1 Å². The molecule has 3 aromatic heterocycles. The highest BCUT2D eigenvalue weighted by Gasteiger charge is 2.27. The molecule has 1 aromatic carbocycles. The number of carbonyl (C=O) groups is 1. The van der Waals surface area contributed by atoms with E-state index in [-0.39, 0.29) is 11.3 Å². The van der Waals surface area contributed by atoms with Crippen LogP contribution in [-0.2, 0) is 17.6 Å². The fourth-order valence-corrected chi connectivity index (χ4v) is 6.30. The molecule has 1 N–H and O–H groups in total. The first-order valence-electron chi connectivity index (χ1n) is 9.91. The molecule has 3 heterocycles. The lowest BCUT2D eigenvalue weighted by atomic mass is 9.89. The summed E-state index contributed by atoms with van der Waals surface area (Å²) in [5.41, 5.74) is 1.64. The summed E-state index contributed by atoms with van der Waals surface area (Å²) in [6.45, 7) is 2.23. The molecule has 0 spiro atoms. The molecule has 160 valence electrons. The molecule has 31 heavy (non-hydrogen) atoms. The van der Waals surface area contributed by atoms with Gasteiger partial charge in [-0.25, -0.2) is 8.97 Å². The Morgan fingerprint density at radius 3 is 2.81 bits per heavy atom. The molecule has 8 nitrogen and oxygen atoms in total. The number of aliphatic carboxylic acids is 1. The summed E-state index contributed by atoms with van der Waals surface area (Å²) in [6, 6.07) is 7.21. The molecule has 1 aliphatic carbocycles. The maximum absolute atomic E-state index is 13.7. The highest BCUT2D eigenvalue weighted by Crippen LogP contribution is 2.38. The summed E-state index contributed by atoms with van der Waals surface area (Å²) in [7, 11) is 1.59. The van der Waals surface area contributed by atoms with E-state index in [0.717, 1.165) is 41.4 Å². The Hall–Kier alpha value is -2.85. The van der Waals surface area contributed by atoms with E-state index < -0.39 is 5.97 Å². The van der Waals surface area contributed by atoms with E-state index in [1.807, 2.05) is 16.5 Å². The van der Waals surface area contributed by atoms with Crippen molar-refractivity contribution in [2.45, 2.75) is 31.3 Å². The van der Waals surface area contributed by atoms with E-state index in [9.17, 15) is 9.59 Å². The summed E-state index contributed by atoms with van der Waals surface area (Å²) in [6.07, 6.45) is 2.85. The molecule has 4 aromatic rings. The fraction of sp³-hybridized carbons (Fsp3) is 0.333. The van der Waals surface area contributed by atoms with E-state index >= 15 is 0 Å². The SMILES string of the molecule is COc1ccc(-n2c(=O)c3c4c(sc3n3c(SCC(=O)O)nnc23)C[C@@H](C)CC4)cc1. The topological polar surface area (TPSA) is 98.7 Å². The lowest BCUT2D eigenvalue weighted by molar-refractivity contribution is -0.133. The second-order valence-corrected chi connectivity index (χ2v) is 9.70. The third-order valence-electron chi connectivity index (χ3n) is 5.58. The minimum absolute atomic E-state index is 0.123. The molecule has 0 bridgehead atoms. The normalized spacial score (nSPS) is 16.0. The summed E-state index contributed by atoms with van der Waals surface area (Å²) in [4.78, 5) is 26.9. The van der Waals surface area contributed by atoms with Crippen molar-refractivity contribution in [3.05, 3.63) is 45.1 Å². The smallest absolute Gasteiger partial charge is 0.313 e. The number of methoxy groups -OCH3 is 1. The Kier molecular flexibility index (Phi) is 4.98. The second-order valence-electron chi connectivity index (χ2n) is 7.67. The first-order chi connectivity index (χ1) is 15.0. The van der Waals surface area contributed by atoms with Crippen molar-refractivity contribution in [2.75, 3.05) is 12.9 Å². The van der Waals surface area contributed by atoms with Crippen LogP contribution in [0.4, 0.5) is 0 Å². The minimum atomic E-state index is -0.930. The third-order valence-corrected chi connectivity index (χ3v) is 7.74. The second kappa shape index (κ2) is 7.69. The lowest BCUT2D eigenvalue weighted by Crippen LogP contribution is -2.22. The van der Waals surface area contributed by atoms with E-state index in [4.69, 9.17) is 9.84 Å². The Morgan fingerprint density at radius 1 is 1.32 bits per heavy atom. The van der Waals surface area contributed by atoms with Gasteiger partial charge in [0.2, 0.25) is 5.78 Å². The first kappa shape index (κ1) is 20.1. The van der Waals surface area contributed by atoms with Gasteiger partial charge in [-0.3, -0.25) is 9.59 Å². The van der Waals surface area contributed by atoms with E-state index in [2.05, 4.69) is 17.1 Å². The monoisotopic (exact) mass is 456 g/mol. The number of carboxylic acid groups (broad SMARTS) is 1. The zero-order valence-corrected chi connectivity index (χ0v) is 18.6. The van der Waals surface area contributed by atoms with E-state index in [1.165, 1.54) is 4.88 Å². The number of rotatable bonds is 5. The number of hydrogen-bond donors (Lipinski definition) is 1. The molecule has 5 rings (SSSR count). The van der Waals surface area contributed by atoms with Crippen LogP contribution in [0.25, 0.3) is 21.7 Å². The molecule has 10 heteroatoms. The first-order valence-corrected chi connectivity index (χ1v) is 11.7. The Morgan fingerprint density at radius 2 is 2.10 bits per heavy atom. The van der Waals surface area contributed by atoms with Gasteiger partial charge in [0.1, 0.15) is 10.6 Å². The molecular weight excluding hydrogens is 436 g/mol. The van der Waals surface area contributed by atoms with Crippen molar-refractivity contribution in [2.24, 2.45) is 5.92 Å². The molecule has 0 saturated carbocycles. The number of aromatic nitrogens is 4. The van der Waals surface area contributed by atoms with Gasteiger partial charge in [-0.2, -0.15) is 0 Å². The van der Waals surface area contributed by atoms with Gasteiger partial charge in [0.15, 0.2) is 5.16 Å². The Labute approximate surface area is 185 Å². The van der Waals surface area contributed by atoms with Gasteiger partial charge in [-0.1, -0.05) is 18.7 Å². The molecule has 1 aliphatic rings. The fourth-order valence-electron chi connectivity index (χ4n) is 4.09. The number of thiophene rings is 1. The van der Waals surface area contributed by atoms with Crippen molar-refractivity contribution in [1.82, 2.24) is 19.2 Å². The summed E-state index contributed by atoms with van der Waals surface area (Å²) < 4.78 is 8.64. The number of carboxylic acids is 1. The maximum atomic E-state index is 13.7. The van der Waals surface area contributed by atoms with Crippen LogP contribution >= 0.6 is 23.1 Å². The molecule has 0 saturated heterocycles. The molecule has 0 amide bonds. The molecule has 0 unspecified atom stereocenters. The average molecular weight is 457 g/mol. The van der Waals surface area contributed by atoms with Gasteiger partial charge in [0, 0.05) is 4.88 Å². The lowest BCUT2D eigenvalue weighted by Gasteiger charge is -2.17. The average Bonchev–Trinajstić information content (AvgIpc) is 3.33. The van der Waals surface area contributed by atoms with Crippen molar-refractivity contribution < 1.29 is 14.6 Å². The van der Waals surface area contributed by atoms with Crippen LogP contribution in [0.15, 0.2) is 34.2 Å². The highest BCUT2D eigenvalue weighted by atomic mass is 32.2. The van der Waals surface area contributed by atoms with Gasteiger partial charge < -0.3 is 9.84 Å². The van der Waals surface area contributed by atoms with Gasteiger partial charge in [0.25, 0.3) is 5.56 Å². The summed E-state index contributed by atoms with van der Waals surface area (Å²) in [5.74, 6) is 0.575. The van der Waals surface area contributed by atoms with Crippen LogP contribution in [0, 0.1) is 5.92 Å². The number of thioether (sulfide) groups is 1. The van der Waals surface area contributed by atoms with Crippen molar-refractivity contribution in [1.29, 1.82) is 0 Å². The third kappa shape index (κ3) is 3.30. The predicted molar refractivity (Wildman–Crippen MR) is 120 cm³/mol. The zero-order chi connectivity index (χ0) is 21.7. The maximum Gasteiger partial charge on any atom is 0.313 e. The number of aryl methyl sites for hydroxylation is 1. The Balaban J connectivity index is 1.84. The number of ether oxygens (including phenoxy) is 1. The van der Waals surface area contributed by atoms with Crippen molar-refractivity contribution in [3.8, 4) is 11.4 Å². The van der Waals surface area contributed by atoms with Gasteiger partial charge in [0.05, 0.1) is 23.9 Å². The quantitative estimate of drug-likeness (QED) is 0.460. The number of hydrogen-bond acceptors (Lipinski definition) is 7. The van der Waals surface area contributed by atoms with Crippen LogP contribution in [0.2, 0.25) is 0 Å². The van der Waals surface area contributed by atoms with Crippen molar-refractivity contribution >= 4 is 45.1 Å². The summed E-state index contributed by atoms with van der Waals surface area (Å²) >= 11 is 2.70. The van der Waals surface area contributed by atoms with Gasteiger partial charge >= 0.3 is 5.97 Å².